The standard InChI is InChI=1S/C17H16BrN3/c1-10-5-3-7-12(9-10)14-16(20-21-17(14)19)13-8-4-6-11(2)15(13)18/h3-9H,1-2H3,(H3,19,20,21). The zero-order chi connectivity index (χ0) is 15.0. The molecule has 0 aliphatic carbocycles. The van der Waals surface area contributed by atoms with Crippen LogP contribution in [0, 0.1) is 13.8 Å². The third-order valence-corrected chi connectivity index (χ3v) is 4.61. The molecule has 0 aliphatic heterocycles. The molecule has 0 aliphatic rings. The molecule has 0 saturated carbocycles. The zero-order valence-electron chi connectivity index (χ0n) is 11.9. The van der Waals surface area contributed by atoms with Crippen molar-refractivity contribution in [3.63, 3.8) is 0 Å². The predicted octanol–water partition coefficient (Wildman–Crippen LogP) is 4.71. The van der Waals surface area contributed by atoms with E-state index in [2.05, 4.69) is 70.3 Å². The number of anilines is 1. The lowest BCUT2D eigenvalue weighted by Crippen LogP contribution is -1.90. The highest BCUT2D eigenvalue weighted by atomic mass is 79.9. The fraction of sp³-hybridized carbons (Fsp3) is 0.118. The maximum Gasteiger partial charge on any atom is 0.153 e. The van der Waals surface area contributed by atoms with E-state index in [9.17, 15) is 0 Å². The second-order valence-corrected chi connectivity index (χ2v) is 5.96. The lowest BCUT2D eigenvalue weighted by molar-refractivity contribution is 1.10. The summed E-state index contributed by atoms with van der Waals surface area (Å²) >= 11 is 3.66. The van der Waals surface area contributed by atoms with Crippen LogP contribution in [0.25, 0.3) is 22.4 Å². The minimum atomic E-state index is 0.518. The average Bonchev–Trinajstić information content (AvgIpc) is 2.83. The first-order valence-electron chi connectivity index (χ1n) is 6.74. The molecule has 3 rings (SSSR count). The van der Waals surface area contributed by atoms with E-state index >= 15 is 0 Å². The molecule has 3 nitrogen and oxygen atoms in total. The van der Waals surface area contributed by atoms with E-state index in [1.54, 1.807) is 0 Å². The SMILES string of the molecule is Cc1cccc(-c2c(N)n[nH]c2-c2cccc(C)c2Br)c1. The maximum atomic E-state index is 6.09. The maximum absolute atomic E-state index is 6.09. The third kappa shape index (κ3) is 2.47. The van der Waals surface area contributed by atoms with Gasteiger partial charge in [-0.1, -0.05) is 48.0 Å². The molecular weight excluding hydrogens is 326 g/mol. The van der Waals surface area contributed by atoms with Gasteiger partial charge >= 0.3 is 0 Å². The smallest absolute Gasteiger partial charge is 0.153 e. The molecule has 1 aromatic heterocycles. The van der Waals surface area contributed by atoms with Crippen LogP contribution in [0.4, 0.5) is 5.82 Å². The summed E-state index contributed by atoms with van der Waals surface area (Å²) in [5.74, 6) is 0.518. The quantitative estimate of drug-likeness (QED) is 0.709. The largest absolute Gasteiger partial charge is 0.382 e. The molecule has 0 amide bonds. The van der Waals surface area contributed by atoms with E-state index in [0.29, 0.717) is 5.82 Å². The lowest BCUT2D eigenvalue weighted by Gasteiger charge is -2.09. The van der Waals surface area contributed by atoms with E-state index in [4.69, 9.17) is 5.73 Å². The molecule has 0 saturated heterocycles. The molecule has 0 spiro atoms. The molecule has 3 N–H and O–H groups in total. The summed E-state index contributed by atoms with van der Waals surface area (Å²) in [6, 6.07) is 14.4. The van der Waals surface area contributed by atoms with Crippen LogP contribution in [0.5, 0.6) is 0 Å². The molecule has 21 heavy (non-hydrogen) atoms. The van der Waals surface area contributed by atoms with Gasteiger partial charge in [-0.15, -0.1) is 0 Å². The minimum absolute atomic E-state index is 0.518. The number of nitrogens with one attached hydrogen (secondary N) is 1. The molecule has 0 fully saturated rings. The zero-order valence-corrected chi connectivity index (χ0v) is 13.5. The Balaban J connectivity index is 2.24. The molecule has 0 unspecified atom stereocenters. The summed E-state index contributed by atoms with van der Waals surface area (Å²) in [6.45, 7) is 4.14. The van der Waals surface area contributed by atoms with Gasteiger partial charge in [0.1, 0.15) is 0 Å². The van der Waals surface area contributed by atoms with Crippen LogP contribution < -0.4 is 5.73 Å². The van der Waals surface area contributed by atoms with Crippen molar-refractivity contribution >= 4 is 21.7 Å². The van der Waals surface area contributed by atoms with Crippen LogP contribution in [0.3, 0.4) is 0 Å². The summed E-state index contributed by atoms with van der Waals surface area (Å²) < 4.78 is 1.06. The van der Waals surface area contributed by atoms with Gasteiger partial charge in [0.25, 0.3) is 0 Å². The van der Waals surface area contributed by atoms with Crippen LogP contribution >= 0.6 is 15.9 Å². The summed E-state index contributed by atoms with van der Waals surface area (Å²) in [7, 11) is 0. The lowest BCUT2D eigenvalue weighted by atomic mass is 9.98. The molecule has 0 atom stereocenters. The van der Waals surface area contributed by atoms with Gasteiger partial charge in [-0.25, -0.2) is 0 Å². The second kappa shape index (κ2) is 5.37. The molecule has 1 heterocycles. The molecule has 0 bridgehead atoms. The number of halogens is 1. The van der Waals surface area contributed by atoms with Gasteiger partial charge in [0, 0.05) is 10.0 Å². The summed E-state index contributed by atoms with van der Waals surface area (Å²) in [5, 5.41) is 7.27. The van der Waals surface area contributed by atoms with Crippen molar-refractivity contribution in [3.8, 4) is 22.4 Å². The van der Waals surface area contributed by atoms with Crippen LogP contribution in [-0.2, 0) is 0 Å². The van der Waals surface area contributed by atoms with Crippen LogP contribution in [0.2, 0.25) is 0 Å². The Kier molecular flexibility index (Phi) is 3.55. The molecule has 4 heteroatoms. The first kappa shape index (κ1) is 13.9. The molecule has 3 aromatic rings. The monoisotopic (exact) mass is 341 g/mol. The molecule has 106 valence electrons. The van der Waals surface area contributed by atoms with Crippen LogP contribution in [0.15, 0.2) is 46.9 Å². The van der Waals surface area contributed by atoms with E-state index in [-0.39, 0.29) is 0 Å². The molecular formula is C17H16BrN3. The second-order valence-electron chi connectivity index (χ2n) is 5.16. The fourth-order valence-electron chi connectivity index (χ4n) is 2.48. The van der Waals surface area contributed by atoms with Gasteiger partial charge in [-0.05, 0) is 40.9 Å². The first-order valence-corrected chi connectivity index (χ1v) is 7.53. The normalized spacial score (nSPS) is 10.8. The van der Waals surface area contributed by atoms with Crippen LogP contribution in [0.1, 0.15) is 11.1 Å². The van der Waals surface area contributed by atoms with Crippen molar-refractivity contribution in [3.05, 3.63) is 58.1 Å². The number of hydrogen-bond donors (Lipinski definition) is 2. The van der Waals surface area contributed by atoms with Crippen molar-refractivity contribution in [2.45, 2.75) is 13.8 Å². The number of nitrogens with two attached hydrogens (primary N) is 1. The average molecular weight is 342 g/mol. The number of nitrogens with zero attached hydrogens (tertiary/aromatic N) is 1. The van der Waals surface area contributed by atoms with Crippen molar-refractivity contribution in [1.29, 1.82) is 0 Å². The Bertz CT molecular complexity index is 806. The summed E-state index contributed by atoms with van der Waals surface area (Å²) in [5.41, 5.74) is 12.5. The number of aromatic nitrogens is 2. The highest BCUT2D eigenvalue weighted by molar-refractivity contribution is 9.10. The Morgan fingerprint density at radius 2 is 1.86 bits per heavy atom. The van der Waals surface area contributed by atoms with Crippen molar-refractivity contribution in [1.82, 2.24) is 10.2 Å². The minimum Gasteiger partial charge on any atom is -0.382 e. The topological polar surface area (TPSA) is 54.7 Å². The predicted molar refractivity (Wildman–Crippen MR) is 91.0 cm³/mol. The van der Waals surface area contributed by atoms with E-state index in [0.717, 1.165) is 26.9 Å². The van der Waals surface area contributed by atoms with Crippen LogP contribution in [-0.4, -0.2) is 10.2 Å². The van der Waals surface area contributed by atoms with Gasteiger partial charge in [0.2, 0.25) is 0 Å². The summed E-state index contributed by atoms with van der Waals surface area (Å²) in [6.07, 6.45) is 0. The fourth-order valence-corrected chi connectivity index (χ4v) is 2.95. The van der Waals surface area contributed by atoms with Gasteiger partial charge in [-0.3, -0.25) is 5.10 Å². The Hall–Kier alpha value is -2.07. The molecule has 0 radical (unpaired) electrons. The number of rotatable bonds is 2. The van der Waals surface area contributed by atoms with Gasteiger partial charge in [0.15, 0.2) is 5.82 Å². The van der Waals surface area contributed by atoms with Crippen molar-refractivity contribution < 1.29 is 0 Å². The number of hydrogen-bond acceptors (Lipinski definition) is 2. The Morgan fingerprint density at radius 1 is 1.10 bits per heavy atom. The van der Waals surface area contributed by atoms with Crippen molar-refractivity contribution in [2.75, 3.05) is 5.73 Å². The first-order chi connectivity index (χ1) is 10.1. The summed E-state index contributed by atoms with van der Waals surface area (Å²) in [4.78, 5) is 0. The molecule has 2 aromatic carbocycles. The highest BCUT2D eigenvalue weighted by Crippen LogP contribution is 2.38. The van der Waals surface area contributed by atoms with E-state index in [1.807, 2.05) is 12.1 Å². The van der Waals surface area contributed by atoms with Crippen molar-refractivity contribution in [2.24, 2.45) is 0 Å². The van der Waals surface area contributed by atoms with E-state index in [1.165, 1.54) is 11.1 Å². The van der Waals surface area contributed by atoms with Gasteiger partial charge in [0.05, 0.1) is 11.3 Å². The Labute approximate surface area is 132 Å². The van der Waals surface area contributed by atoms with Gasteiger partial charge in [-0.2, -0.15) is 5.10 Å². The Morgan fingerprint density at radius 3 is 2.62 bits per heavy atom. The highest BCUT2D eigenvalue weighted by Gasteiger charge is 2.17. The number of aromatic amines is 1. The number of aryl methyl sites for hydroxylation is 2. The number of H-pyrrole nitrogens is 1. The number of benzene rings is 2. The number of nitrogen functional groups attached to an aromatic ring is 1. The van der Waals surface area contributed by atoms with Gasteiger partial charge < -0.3 is 5.73 Å². The third-order valence-electron chi connectivity index (χ3n) is 3.56. The van der Waals surface area contributed by atoms with E-state index < -0.39 is 0 Å².